The van der Waals surface area contributed by atoms with Crippen LogP contribution in [-0.4, -0.2) is 60.0 Å². The minimum Gasteiger partial charge on any atom is -0.349 e. The highest BCUT2D eigenvalue weighted by atomic mass is 35.5. The number of carbonyl (C=O) groups excluding carboxylic acids is 1. The first-order valence-electron chi connectivity index (χ1n) is 12.1. The van der Waals surface area contributed by atoms with Gasteiger partial charge in [0.1, 0.15) is 5.82 Å². The topological polar surface area (TPSA) is 72.5 Å². The number of nitrogens with zero attached hydrogens (tertiary/aromatic N) is 3. The second-order valence-corrected chi connectivity index (χ2v) is 9.75. The monoisotopic (exact) mass is 490 g/mol. The molecule has 2 heterocycles. The van der Waals surface area contributed by atoms with Crippen LogP contribution in [-0.2, 0) is 6.54 Å². The number of piperazine rings is 1. The lowest BCUT2D eigenvalue weighted by molar-refractivity contribution is 0.0952. The number of benzene rings is 2. The van der Waals surface area contributed by atoms with Gasteiger partial charge in [-0.1, -0.05) is 35.9 Å². The molecule has 1 saturated heterocycles. The summed E-state index contributed by atoms with van der Waals surface area (Å²) in [6.07, 6.45) is 2.08. The summed E-state index contributed by atoms with van der Waals surface area (Å²) in [5.74, 6) is 1.08. The number of para-hydroxylation sites is 1. The Labute approximate surface area is 211 Å². The molecule has 2 aliphatic rings. The molecule has 1 aliphatic heterocycles. The lowest BCUT2D eigenvalue weighted by atomic mass is 10.1. The van der Waals surface area contributed by atoms with E-state index in [0.717, 1.165) is 51.3 Å². The van der Waals surface area contributed by atoms with Gasteiger partial charge in [0.15, 0.2) is 5.82 Å². The maximum absolute atomic E-state index is 12.6. The number of aromatic nitrogens is 1. The molecule has 2 fully saturated rings. The Balaban J connectivity index is 1.25. The summed E-state index contributed by atoms with van der Waals surface area (Å²) in [4.78, 5) is 22.2. The molecule has 8 heteroatoms. The fourth-order valence-electron chi connectivity index (χ4n) is 4.11. The van der Waals surface area contributed by atoms with Crippen molar-refractivity contribution in [1.29, 1.82) is 0 Å². The molecule has 0 spiro atoms. The van der Waals surface area contributed by atoms with Crippen LogP contribution < -0.4 is 16.0 Å². The summed E-state index contributed by atoms with van der Waals surface area (Å²) in [6.45, 7) is 5.41. The molecule has 5 rings (SSSR count). The Bertz CT molecular complexity index is 1170. The molecule has 0 radical (unpaired) electrons. The Morgan fingerprint density at radius 1 is 0.971 bits per heavy atom. The second-order valence-electron chi connectivity index (χ2n) is 9.35. The first kappa shape index (κ1) is 23.6. The number of nitrogens with one attached hydrogen (secondary N) is 3. The van der Waals surface area contributed by atoms with E-state index < -0.39 is 0 Å². The van der Waals surface area contributed by atoms with Crippen LogP contribution in [0.15, 0.2) is 60.7 Å². The van der Waals surface area contributed by atoms with Gasteiger partial charge in [0.2, 0.25) is 0 Å². The molecule has 7 nitrogen and oxygen atoms in total. The van der Waals surface area contributed by atoms with Crippen LogP contribution >= 0.6 is 11.6 Å². The molecule has 0 atom stereocenters. The average molecular weight is 491 g/mol. The molecule has 1 aliphatic carbocycles. The fraction of sp³-hybridized carbons (Fsp3) is 0.333. The smallest absolute Gasteiger partial charge is 0.253 e. The highest BCUT2D eigenvalue weighted by molar-refractivity contribution is 6.33. The fourth-order valence-corrected chi connectivity index (χ4v) is 4.27. The summed E-state index contributed by atoms with van der Waals surface area (Å²) in [7, 11) is 2.17. The SMILES string of the molecule is CN1CCN(Cc2ccc(Nc3ccc(Cl)c(Nc4ccccc4C(=O)NC4CC4)n3)cc2)CC1. The first-order chi connectivity index (χ1) is 17.0. The van der Waals surface area contributed by atoms with Crippen molar-refractivity contribution in [3.63, 3.8) is 0 Å². The molecule has 1 amide bonds. The van der Waals surface area contributed by atoms with Crippen molar-refractivity contribution in [2.75, 3.05) is 43.9 Å². The minimum atomic E-state index is -0.0855. The van der Waals surface area contributed by atoms with Gasteiger partial charge >= 0.3 is 0 Å². The average Bonchev–Trinajstić information content (AvgIpc) is 3.68. The molecule has 1 aromatic heterocycles. The molecule has 35 heavy (non-hydrogen) atoms. The maximum atomic E-state index is 12.6. The number of rotatable bonds is 8. The van der Waals surface area contributed by atoms with Crippen LogP contribution in [0, 0.1) is 0 Å². The van der Waals surface area contributed by atoms with E-state index in [1.807, 2.05) is 24.3 Å². The number of pyridine rings is 1. The zero-order valence-electron chi connectivity index (χ0n) is 19.9. The van der Waals surface area contributed by atoms with Crippen LogP contribution in [0.1, 0.15) is 28.8 Å². The second kappa shape index (κ2) is 10.6. The van der Waals surface area contributed by atoms with Gasteiger partial charge in [0.05, 0.1) is 16.3 Å². The highest BCUT2D eigenvalue weighted by Crippen LogP contribution is 2.29. The van der Waals surface area contributed by atoms with Gasteiger partial charge < -0.3 is 20.9 Å². The number of amides is 1. The van der Waals surface area contributed by atoms with E-state index in [0.29, 0.717) is 27.9 Å². The van der Waals surface area contributed by atoms with Crippen molar-refractivity contribution in [2.24, 2.45) is 0 Å². The zero-order valence-corrected chi connectivity index (χ0v) is 20.7. The Morgan fingerprint density at radius 3 is 2.46 bits per heavy atom. The number of carbonyl (C=O) groups is 1. The lowest BCUT2D eigenvalue weighted by Gasteiger charge is -2.32. The van der Waals surface area contributed by atoms with Gasteiger partial charge in [-0.3, -0.25) is 9.69 Å². The van der Waals surface area contributed by atoms with Crippen LogP contribution in [0.5, 0.6) is 0 Å². The number of hydrogen-bond donors (Lipinski definition) is 3. The van der Waals surface area contributed by atoms with E-state index in [2.05, 4.69) is 62.0 Å². The zero-order chi connectivity index (χ0) is 24.2. The van der Waals surface area contributed by atoms with Crippen molar-refractivity contribution in [3.05, 3.63) is 76.8 Å². The summed E-state index contributed by atoms with van der Waals surface area (Å²) >= 11 is 6.44. The number of anilines is 4. The Morgan fingerprint density at radius 2 is 1.71 bits per heavy atom. The third kappa shape index (κ3) is 6.31. The molecule has 182 valence electrons. The van der Waals surface area contributed by atoms with Crippen molar-refractivity contribution in [2.45, 2.75) is 25.4 Å². The van der Waals surface area contributed by atoms with Crippen molar-refractivity contribution < 1.29 is 4.79 Å². The Kier molecular flexibility index (Phi) is 7.18. The van der Waals surface area contributed by atoms with E-state index in [4.69, 9.17) is 11.6 Å². The normalized spacial score (nSPS) is 16.6. The lowest BCUT2D eigenvalue weighted by Crippen LogP contribution is -2.43. The number of halogens is 1. The highest BCUT2D eigenvalue weighted by Gasteiger charge is 2.25. The third-order valence-corrected chi connectivity index (χ3v) is 6.72. The van der Waals surface area contributed by atoms with Crippen LogP contribution in [0.25, 0.3) is 0 Å². The molecule has 1 saturated carbocycles. The summed E-state index contributed by atoms with van der Waals surface area (Å²) < 4.78 is 0. The summed E-state index contributed by atoms with van der Waals surface area (Å²) in [5, 5.41) is 10.1. The van der Waals surface area contributed by atoms with Crippen molar-refractivity contribution >= 4 is 40.5 Å². The Hall–Kier alpha value is -3.13. The van der Waals surface area contributed by atoms with Gasteiger partial charge in [-0.15, -0.1) is 0 Å². The van der Waals surface area contributed by atoms with E-state index in [1.165, 1.54) is 5.56 Å². The van der Waals surface area contributed by atoms with Crippen LogP contribution in [0.3, 0.4) is 0 Å². The molecule has 2 aromatic carbocycles. The van der Waals surface area contributed by atoms with Crippen LogP contribution in [0.2, 0.25) is 5.02 Å². The maximum Gasteiger partial charge on any atom is 0.253 e. The van der Waals surface area contributed by atoms with Gasteiger partial charge in [-0.25, -0.2) is 4.98 Å². The van der Waals surface area contributed by atoms with Gasteiger partial charge in [-0.2, -0.15) is 0 Å². The molecule has 3 aromatic rings. The first-order valence-corrected chi connectivity index (χ1v) is 12.5. The summed E-state index contributed by atoms with van der Waals surface area (Å²) in [5.41, 5.74) is 3.50. The van der Waals surface area contributed by atoms with Gasteiger partial charge in [0, 0.05) is 44.5 Å². The largest absolute Gasteiger partial charge is 0.349 e. The predicted molar refractivity (Wildman–Crippen MR) is 142 cm³/mol. The molecule has 0 unspecified atom stereocenters. The van der Waals surface area contributed by atoms with Crippen LogP contribution in [0.4, 0.5) is 23.0 Å². The molecular formula is C27H31ClN6O. The van der Waals surface area contributed by atoms with E-state index in [1.54, 1.807) is 12.1 Å². The number of likely N-dealkylation sites (N-methyl/N-ethyl adjacent to an activating group) is 1. The number of hydrogen-bond acceptors (Lipinski definition) is 6. The third-order valence-electron chi connectivity index (χ3n) is 6.41. The molecule has 3 N–H and O–H groups in total. The van der Waals surface area contributed by atoms with E-state index in [-0.39, 0.29) is 11.9 Å². The van der Waals surface area contributed by atoms with Gasteiger partial charge in [0.25, 0.3) is 5.91 Å². The predicted octanol–water partition coefficient (Wildman–Crippen LogP) is 4.86. The van der Waals surface area contributed by atoms with Crippen molar-refractivity contribution in [3.8, 4) is 0 Å². The van der Waals surface area contributed by atoms with Crippen molar-refractivity contribution in [1.82, 2.24) is 20.1 Å². The minimum absolute atomic E-state index is 0.0855. The standard InChI is InChI=1S/C27H31ClN6O/c1-33-14-16-34(17-15-33)18-19-6-8-20(9-7-19)29-25-13-12-23(28)26(32-25)31-24-5-3-2-4-22(24)27(35)30-21-10-11-21/h2-9,12-13,21H,10-11,14-18H2,1H3,(H,30,35)(H2,29,31,32). The van der Waals surface area contributed by atoms with Gasteiger partial charge in [-0.05, 0) is 61.9 Å². The van der Waals surface area contributed by atoms with E-state index >= 15 is 0 Å². The van der Waals surface area contributed by atoms with E-state index in [9.17, 15) is 4.79 Å². The molecule has 0 bridgehead atoms. The quantitative estimate of drug-likeness (QED) is 0.419. The summed E-state index contributed by atoms with van der Waals surface area (Å²) in [6, 6.07) is 19.8. The molecular weight excluding hydrogens is 460 g/mol.